The second-order valence-electron chi connectivity index (χ2n) is 4.07. The SMILES string of the molecule is O=C(O)c1cc2ccsc2n1CC1CC1. The van der Waals surface area contributed by atoms with Crippen LogP contribution < -0.4 is 0 Å². The molecule has 1 saturated carbocycles. The summed E-state index contributed by atoms with van der Waals surface area (Å²) in [7, 11) is 0. The van der Waals surface area contributed by atoms with Crippen LogP contribution in [0.2, 0.25) is 0 Å². The number of carboxylic acids is 1. The second kappa shape index (κ2) is 3.10. The van der Waals surface area contributed by atoms with Gasteiger partial charge in [0.2, 0.25) is 0 Å². The van der Waals surface area contributed by atoms with E-state index in [1.165, 1.54) is 12.8 Å². The number of hydrogen-bond donors (Lipinski definition) is 1. The van der Waals surface area contributed by atoms with Crippen molar-refractivity contribution in [3.8, 4) is 0 Å². The van der Waals surface area contributed by atoms with Crippen molar-refractivity contribution < 1.29 is 9.90 Å². The molecule has 78 valence electrons. The van der Waals surface area contributed by atoms with Crippen molar-refractivity contribution in [1.82, 2.24) is 4.57 Å². The molecule has 0 amide bonds. The van der Waals surface area contributed by atoms with Crippen LogP contribution in [-0.4, -0.2) is 15.6 Å². The van der Waals surface area contributed by atoms with Crippen LogP contribution in [0.3, 0.4) is 0 Å². The lowest BCUT2D eigenvalue weighted by atomic mass is 10.3. The van der Waals surface area contributed by atoms with Crippen LogP contribution in [0.5, 0.6) is 0 Å². The molecule has 0 aromatic carbocycles. The summed E-state index contributed by atoms with van der Waals surface area (Å²) >= 11 is 1.62. The molecule has 2 aromatic rings. The van der Waals surface area contributed by atoms with Gasteiger partial charge in [0.05, 0.1) is 0 Å². The van der Waals surface area contributed by atoms with Crippen LogP contribution in [0, 0.1) is 5.92 Å². The van der Waals surface area contributed by atoms with E-state index in [0.29, 0.717) is 11.6 Å². The molecule has 0 aliphatic heterocycles. The molecule has 2 heterocycles. The minimum atomic E-state index is -0.820. The zero-order valence-corrected chi connectivity index (χ0v) is 8.96. The molecule has 1 aliphatic carbocycles. The highest BCUT2D eigenvalue weighted by atomic mass is 32.1. The van der Waals surface area contributed by atoms with E-state index >= 15 is 0 Å². The summed E-state index contributed by atoms with van der Waals surface area (Å²) in [6.07, 6.45) is 2.48. The fourth-order valence-corrected chi connectivity index (χ4v) is 2.80. The van der Waals surface area contributed by atoms with Crippen molar-refractivity contribution in [2.24, 2.45) is 5.92 Å². The number of rotatable bonds is 3. The Morgan fingerprint density at radius 2 is 2.40 bits per heavy atom. The van der Waals surface area contributed by atoms with E-state index in [0.717, 1.165) is 16.8 Å². The average Bonchev–Trinajstić information content (AvgIpc) is 2.76. The van der Waals surface area contributed by atoms with Crippen molar-refractivity contribution in [1.29, 1.82) is 0 Å². The molecule has 1 aliphatic rings. The predicted octanol–water partition coefficient (Wildman–Crippen LogP) is 2.81. The van der Waals surface area contributed by atoms with Crippen LogP contribution in [-0.2, 0) is 6.54 Å². The zero-order valence-electron chi connectivity index (χ0n) is 8.14. The third kappa shape index (κ3) is 1.45. The first-order chi connectivity index (χ1) is 7.25. The first-order valence-corrected chi connectivity index (χ1v) is 5.93. The normalized spacial score (nSPS) is 16.0. The molecule has 0 unspecified atom stereocenters. The van der Waals surface area contributed by atoms with Gasteiger partial charge in [-0.3, -0.25) is 0 Å². The summed E-state index contributed by atoms with van der Waals surface area (Å²) in [5.41, 5.74) is 0.434. The van der Waals surface area contributed by atoms with Crippen molar-refractivity contribution in [3.63, 3.8) is 0 Å². The molecule has 0 radical (unpaired) electrons. The van der Waals surface area contributed by atoms with E-state index in [-0.39, 0.29) is 0 Å². The van der Waals surface area contributed by atoms with Crippen molar-refractivity contribution in [2.75, 3.05) is 0 Å². The molecule has 1 N–H and O–H groups in total. The molecule has 0 spiro atoms. The van der Waals surface area contributed by atoms with Crippen LogP contribution >= 0.6 is 11.3 Å². The molecule has 3 rings (SSSR count). The van der Waals surface area contributed by atoms with E-state index in [2.05, 4.69) is 0 Å². The van der Waals surface area contributed by atoms with Gasteiger partial charge in [-0.2, -0.15) is 0 Å². The molecular formula is C11H11NO2S. The number of thiophene rings is 1. The van der Waals surface area contributed by atoms with Gasteiger partial charge in [-0.1, -0.05) is 0 Å². The fraction of sp³-hybridized carbons (Fsp3) is 0.364. The molecule has 3 nitrogen and oxygen atoms in total. The maximum atomic E-state index is 11.1. The molecule has 0 bridgehead atoms. The van der Waals surface area contributed by atoms with E-state index in [1.54, 1.807) is 17.4 Å². The van der Waals surface area contributed by atoms with Gasteiger partial charge in [-0.05, 0) is 36.3 Å². The smallest absolute Gasteiger partial charge is 0.352 e. The number of nitrogens with zero attached hydrogens (tertiary/aromatic N) is 1. The Morgan fingerprint density at radius 3 is 3.07 bits per heavy atom. The van der Waals surface area contributed by atoms with Crippen LogP contribution in [0.1, 0.15) is 23.3 Å². The van der Waals surface area contributed by atoms with Gasteiger partial charge in [0.15, 0.2) is 0 Å². The Hall–Kier alpha value is -1.29. The lowest BCUT2D eigenvalue weighted by molar-refractivity contribution is 0.0685. The minimum Gasteiger partial charge on any atom is -0.477 e. The third-order valence-electron chi connectivity index (χ3n) is 2.86. The van der Waals surface area contributed by atoms with E-state index < -0.39 is 5.97 Å². The molecular weight excluding hydrogens is 210 g/mol. The fourth-order valence-electron chi connectivity index (χ4n) is 1.89. The topological polar surface area (TPSA) is 42.2 Å². The van der Waals surface area contributed by atoms with Crippen LogP contribution in [0.25, 0.3) is 10.2 Å². The first-order valence-electron chi connectivity index (χ1n) is 5.06. The van der Waals surface area contributed by atoms with Crippen molar-refractivity contribution in [3.05, 3.63) is 23.2 Å². The van der Waals surface area contributed by atoms with Crippen LogP contribution in [0.15, 0.2) is 17.5 Å². The highest BCUT2D eigenvalue weighted by Crippen LogP contribution is 2.34. The Bertz CT molecular complexity index is 522. The van der Waals surface area contributed by atoms with Crippen LogP contribution in [0.4, 0.5) is 0 Å². The number of carboxylic acid groups (broad SMARTS) is 1. The zero-order chi connectivity index (χ0) is 10.4. The summed E-state index contributed by atoms with van der Waals surface area (Å²) in [6.45, 7) is 0.867. The number of hydrogen-bond acceptors (Lipinski definition) is 2. The monoisotopic (exact) mass is 221 g/mol. The average molecular weight is 221 g/mol. The summed E-state index contributed by atoms with van der Waals surface area (Å²) in [4.78, 5) is 12.2. The number of carbonyl (C=O) groups is 1. The van der Waals surface area contributed by atoms with Gasteiger partial charge >= 0.3 is 5.97 Å². The van der Waals surface area contributed by atoms with Gasteiger partial charge in [0.25, 0.3) is 0 Å². The summed E-state index contributed by atoms with van der Waals surface area (Å²) in [5.74, 6) is -0.125. The lowest BCUT2D eigenvalue weighted by Crippen LogP contribution is -2.08. The quantitative estimate of drug-likeness (QED) is 0.866. The summed E-state index contributed by atoms with van der Waals surface area (Å²) < 4.78 is 1.96. The van der Waals surface area contributed by atoms with E-state index in [1.807, 2.05) is 16.0 Å². The largest absolute Gasteiger partial charge is 0.477 e. The molecule has 4 heteroatoms. The molecule has 0 atom stereocenters. The Balaban J connectivity index is 2.14. The Labute approximate surface area is 90.9 Å². The maximum absolute atomic E-state index is 11.1. The summed E-state index contributed by atoms with van der Waals surface area (Å²) in [5, 5.41) is 12.2. The molecule has 0 saturated heterocycles. The van der Waals surface area contributed by atoms with Gasteiger partial charge in [-0.25, -0.2) is 4.79 Å². The van der Waals surface area contributed by atoms with E-state index in [9.17, 15) is 4.79 Å². The van der Waals surface area contributed by atoms with Gasteiger partial charge in [0, 0.05) is 11.9 Å². The number of fused-ring (bicyclic) bond motifs is 1. The minimum absolute atomic E-state index is 0.434. The predicted molar refractivity (Wildman–Crippen MR) is 59.5 cm³/mol. The maximum Gasteiger partial charge on any atom is 0.352 e. The summed E-state index contributed by atoms with van der Waals surface area (Å²) in [6, 6.07) is 3.76. The molecule has 15 heavy (non-hydrogen) atoms. The van der Waals surface area contributed by atoms with Gasteiger partial charge in [-0.15, -0.1) is 11.3 Å². The lowest BCUT2D eigenvalue weighted by Gasteiger charge is -2.05. The molecule has 1 fully saturated rings. The van der Waals surface area contributed by atoms with Crippen molar-refractivity contribution in [2.45, 2.75) is 19.4 Å². The van der Waals surface area contributed by atoms with Gasteiger partial charge in [0.1, 0.15) is 10.5 Å². The highest BCUT2D eigenvalue weighted by molar-refractivity contribution is 7.16. The number of aromatic carboxylic acids is 1. The third-order valence-corrected chi connectivity index (χ3v) is 3.81. The first kappa shape index (κ1) is 8.97. The Kier molecular flexibility index (Phi) is 1.85. The highest BCUT2D eigenvalue weighted by Gasteiger charge is 2.25. The molecule has 2 aromatic heterocycles. The van der Waals surface area contributed by atoms with Gasteiger partial charge < -0.3 is 9.67 Å². The second-order valence-corrected chi connectivity index (χ2v) is 4.96. The standard InChI is InChI=1S/C11H11NO2S/c13-11(14)9-5-8-3-4-15-10(8)12(9)6-7-1-2-7/h3-5,7H,1-2,6H2,(H,13,14). The van der Waals surface area contributed by atoms with E-state index in [4.69, 9.17) is 5.11 Å². The number of aromatic nitrogens is 1. The van der Waals surface area contributed by atoms with Crippen molar-refractivity contribution >= 4 is 27.5 Å². The Morgan fingerprint density at radius 1 is 1.60 bits per heavy atom.